The highest BCUT2D eigenvalue weighted by Crippen LogP contribution is 2.16. The van der Waals surface area contributed by atoms with Gasteiger partial charge in [0, 0.05) is 18.7 Å². The van der Waals surface area contributed by atoms with Crippen LogP contribution < -0.4 is 5.32 Å². The van der Waals surface area contributed by atoms with Crippen LogP contribution in [0.4, 0.5) is 0 Å². The van der Waals surface area contributed by atoms with Crippen molar-refractivity contribution < 1.29 is 32.3 Å². The van der Waals surface area contributed by atoms with Gasteiger partial charge in [-0.05, 0) is 38.1 Å². The van der Waals surface area contributed by atoms with Crippen LogP contribution in [0.25, 0.3) is 0 Å². The summed E-state index contributed by atoms with van der Waals surface area (Å²) < 4.78 is 35.6. The number of sulfonamides is 1. The summed E-state index contributed by atoms with van der Waals surface area (Å²) in [5.41, 5.74) is 0.186. The molecule has 0 atom stereocenters. The van der Waals surface area contributed by atoms with Gasteiger partial charge in [0.15, 0.2) is 6.61 Å². The van der Waals surface area contributed by atoms with Crippen LogP contribution in [0.1, 0.15) is 38.1 Å². The Balaban J connectivity index is 2.60. The Hall–Kier alpha value is -2.46. The minimum atomic E-state index is -3.61. The van der Waals surface area contributed by atoms with E-state index < -0.39 is 41.0 Å². The van der Waals surface area contributed by atoms with Crippen LogP contribution in [0.15, 0.2) is 29.2 Å². The summed E-state index contributed by atoms with van der Waals surface area (Å²) in [4.78, 5) is 35.0. The van der Waals surface area contributed by atoms with E-state index in [2.05, 4.69) is 5.32 Å². The van der Waals surface area contributed by atoms with Gasteiger partial charge in [-0.25, -0.2) is 13.2 Å². The number of esters is 2. The van der Waals surface area contributed by atoms with Gasteiger partial charge in [0.2, 0.25) is 10.0 Å². The predicted molar refractivity (Wildman–Crippen MR) is 101 cm³/mol. The lowest BCUT2D eigenvalue weighted by atomic mass is 10.2. The maximum absolute atomic E-state index is 12.4. The molecule has 0 fully saturated rings. The Morgan fingerprint density at radius 1 is 1.04 bits per heavy atom. The number of rotatable bonds is 10. The van der Waals surface area contributed by atoms with E-state index in [0.717, 1.165) is 0 Å². The van der Waals surface area contributed by atoms with E-state index >= 15 is 0 Å². The van der Waals surface area contributed by atoms with Gasteiger partial charge in [-0.3, -0.25) is 9.59 Å². The predicted octanol–water partition coefficient (Wildman–Crippen LogP) is 0.942. The van der Waals surface area contributed by atoms with Crippen LogP contribution in [-0.2, 0) is 29.1 Å². The lowest BCUT2D eigenvalue weighted by Gasteiger charge is -2.18. The molecule has 0 heterocycles. The Morgan fingerprint density at radius 2 is 1.61 bits per heavy atom. The maximum Gasteiger partial charge on any atom is 0.344 e. The summed E-state index contributed by atoms with van der Waals surface area (Å²) in [5.74, 6) is -2.05. The largest absolute Gasteiger partial charge is 0.460 e. The molecule has 1 aromatic carbocycles. The van der Waals surface area contributed by atoms with Crippen LogP contribution in [0, 0.1) is 0 Å². The third-order valence-corrected chi connectivity index (χ3v) is 5.64. The molecule has 1 N–H and O–H groups in total. The molecule has 0 aliphatic heterocycles. The van der Waals surface area contributed by atoms with E-state index in [1.54, 1.807) is 27.7 Å². The highest BCUT2D eigenvalue weighted by Gasteiger charge is 2.21. The number of amides is 1. The van der Waals surface area contributed by atoms with Crippen molar-refractivity contribution in [1.82, 2.24) is 9.62 Å². The summed E-state index contributed by atoms with van der Waals surface area (Å²) in [7, 11) is -3.61. The SMILES string of the molecule is CCN(CC)S(=O)(=O)c1ccc(C(=O)NCC(=O)OCC(=O)OC(C)C)cc1. The molecule has 0 aliphatic carbocycles. The van der Waals surface area contributed by atoms with Crippen molar-refractivity contribution >= 4 is 27.9 Å². The van der Waals surface area contributed by atoms with E-state index in [0.29, 0.717) is 13.1 Å². The van der Waals surface area contributed by atoms with Gasteiger partial charge in [0.05, 0.1) is 11.0 Å². The van der Waals surface area contributed by atoms with Crippen molar-refractivity contribution in [2.24, 2.45) is 0 Å². The second-order valence-electron chi connectivity index (χ2n) is 6.00. The zero-order valence-electron chi connectivity index (χ0n) is 16.4. The number of hydrogen-bond donors (Lipinski definition) is 1. The number of hydrogen-bond acceptors (Lipinski definition) is 7. The molecule has 28 heavy (non-hydrogen) atoms. The third kappa shape index (κ3) is 6.93. The first-order chi connectivity index (χ1) is 13.1. The zero-order valence-corrected chi connectivity index (χ0v) is 17.2. The first-order valence-corrected chi connectivity index (χ1v) is 10.3. The molecule has 0 bridgehead atoms. The molecule has 1 aromatic rings. The number of nitrogens with zero attached hydrogens (tertiary/aromatic N) is 1. The van der Waals surface area contributed by atoms with E-state index in [4.69, 9.17) is 9.47 Å². The van der Waals surface area contributed by atoms with Crippen molar-refractivity contribution in [2.45, 2.75) is 38.7 Å². The van der Waals surface area contributed by atoms with E-state index in [1.807, 2.05) is 0 Å². The fourth-order valence-corrected chi connectivity index (χ4v) is 3.69. The monoisotopic (exact) mass is 414 g/mol. The average Bonchev–Trinajstić information content (AvgIpc) is 2.64. The van der Waals surface area contributed by atoms with Gasteiger partial charge in [-0.2, -0.15) is 4.31 Å². The summed E-state index contributed by atoms with van der Waals surface area (Å²) in [5, 5.41) is 2.34. The first kappa shape index (κ1) is 23.6. The van der Waals surface area contributed by atoms with E-state index in [9.17, 15) is 22.8 Å². The lowest BCUT2D eigenvalue weighted by molar-refractivity contribution is -0.160. The first-order valence-electron chi connectivity index (χ1n) is 8.85. The van der Waals surface area contributed by atoms with Crippen molar-refractivity contribution in [3.05, 3.63) is 29.8 Å². The van der Waals surface area contributed by atoms with Crippen molar-refractivity contribution in [3.8, 4) is 0 Å². The topological polar surface area (TPSA) is 119 Å². The Bertz CT molecular complexity index is 785. The lowest BCUT2D eigenvalue weighted by Crippen LogP contribution is -2.32. The molecule has 0 saturated heterocycles. The maximum atomic E-state index is 12.4. The summed E-state index contributed by atoms with van der Waals surface area (Å²) in [6.45, 7) is 6.52. The van der Waals surface area contributed by atoms with Crippen LogP contribution in [0.2, 0.25) is 0 Å². The van der Waals surface area contributed by atoms with Gasteiger partial charge >= 0.3 is 11.9 Å². The molecule has 0 aliphatic rings. The second-order valence-corrected chi connectivity index (χ2v) is 7.93. The molecule has 0 radical (unpaired) electrons. The number of carbonyl (C=O) groups is 3. The molecule has 0 unspecified atom stereocenters. The molecular weight excluding hydrogens is 388 g/mol. The summed E-state index contributed by atoms with van der Waals surface area (Å²) in [6, 6.07) is 5.39. The molecule has 1 rings (SSSR count). The smallest absolute Gasteiger partial charge is 0.344 e. The van der Waals surface area contributed by atoms with E-state index in [1.165, 1.54) is 28.6 Å². The quantitative estimate of drug-likeness (QED) is 0.566. The molecule has 9 nitrogen and oxygen atoms in total. The molecule has 156 valence electrons. The van der Waals surface area contributed by atoms with Crippen LogP contribution in [0.3, 0.4) is 0 Å². The number of ether oxygens (including phenoxy) is 2. The normalized spacial score (nSPS) is 11.4. The van der Waals surface area contributed by atoms with Gasteiger partial charge in [-0.1, -0.05) is 13.8 Å². The molecule has 0 aromatic heterocycles. The third-order valence-electron chi connectivity index (χ3n) is 3.57. The Morgan fingerprint density at radius 3 is 2.11 bits per heavy atom. The van der Waals surface area contributed by atoms with Crippen molar-refractivity contribution in [2.75, 3.05) is 26.2 Å². The van der Waals surface area contributed by atoms with Gasteiger partial charge in [-0.15, -0.1) is 0 Å². The van der Waals surface area contributed by atoms with Crippen LogP contribution in [-0.4, -0.2) is 62.9 Å². The summed E-state index contributed by atoms with van der Waals surface area (Å²) in [6.07, 6.45) is -0.320. The van der Waals surface area contributed by atoms with Gasteiger partial charge in [0.25, 0.3) is 5.91 Å². The minimum absolute atomic E-state index is 0.0795. The second kappa shape index (κ2) is 10.8. The number of carbonyl (C=O) groups excluding carboxylic acids is 3. The Kier molecular flexibility index (Phi) is 9.07. The minimum Gasteiger partial charge on any atom is -0.460 e. The summed E-state index contributed by atoms with van der Waals surface area (Å²) >= 11 is 0. The van der Waals surface area contributed by atoms with Gasteiger partial charge < -0.3 is 14.8 Å². The fraction of sp³-hybridized carbons (Fsp3) is 0.500. The van der Waals surface area contributed by atoms with Gasteiger partial charge in [0.1, 0.15) is 6.54 Å². The number of nitrogens with one attached hydrogen (secondary N) is 1. The molecule has 0 saturated carbocycles. The Labute approximate surface area is 165 Å². The highest BCUT2D eigenvalue weighted by molar-refractivity contribution is 7.89. The van der Waals surface area contributed by atoms with Crippen molar-refractivity contribution in [3.63, 3.8) is 0 Å². The zero-order chi connectivity index (χ0) is 21.3. The number of benzene rings is 1. The van der Waals surface area contributed by atoms with Crippen LogP contribution in [0.5, 0.6) is 0 Å². The fourth-order valence-electron chi connectivity index (χ4n) is 2.23. The van der Waals surface area contributed by atoms with E-state index in [-0.39, 0.29) is 16.6 Å². The standard InChI is InChI=1S/C18H26N2O7S/c1-5-20(6-2)28(24,25)15-9-7-14(8-10-15)18(23)19-11-16(21)26-12-17(22)27-13(3)4/h7-10,13H,5-6,11-12H2,1-4H3,(H,19,23). The average molecular weight is 414 g/mol. The molecule has 1 amide bonds. The van der Waals surface area contributed by atoms with Crippen LogP contribution >= 0.6 is 0 Å². The molecule has 10 heteroatoms. The molecule has 0 spiro atoms. The highest BCUT2D eigenvalue weighted by atomic mass is 32.2. The van der Waals surface area contributed by atoms with Crippen molar-refractivity contribution in [1.29, 1.82) is 0 Å². The molecular formula is C18H26N2O7S.